The molecule has 2 rings (SSSR count). The van der Waals surface area contributed by atoms with Crippen LogP contribution in [0.4, 0.5) is 10.2 Å². The van der Waals surface area contributed by atoms with Crippen LogP contribution in [0.15, 0.2) is 18.3 Å². The molecule has 0 amide bonds. The van der Waals surface area contributed by atoms with Crippen molar-refractivity contribution in [2.45, 2.75) is 20.0 Å². The van der Waals surface area contributed by atoms with Gasteiger partial charge in [0.2, 0.25) is 0 Å². The Morgan fingerprint density at radius 3 is 2.56 bits per heavy atom. The Bertz CT molecular complexity index is 569. The first-order valence-corrected chi connectivity index (χ1v) is 5.64. The molecule has 0 spiro atoms. The van der Waals surface area contributed by atoms with Gasteiger partial charge in [-0.1, -0.05) is 6.07 Å². The average molecular weight is 249 g/mol. The maximum Gasteiger partial charge on any atom is 0.129 e. The van der Waals surface area contributed by atoms with Crippen LogP contribution in [0.2, 0.25) is 0 Å². The quantitative estimate of drug-likeness (QED) is 0.853. The number of hydrogen-bond acceptors (Lipinski definition) is 3. The van der Waals surface area contributed by atoms with Crippen LogP contribution in [-0.4, -0.2) is 14.9 Å². The zero-order valence-electron chi connectivity index (χ0n) is 10.6. The molecule has 4 nitrogen and oxygen atoms in total. The highest BCUT2D eigenvalue weighted by Gasteiger charge is 2.22. The molecule has 1 atom stereocenters. The van der Waals surface area contributed by atoms with Gasteiger partial charge in [-0.25, -0.2) is 4.39 Å². The van der Waals surface area contributed by atoms with Crippen molar-refractivity contribution in [3.8, 4) is 0 Å². The van der Waals surface area contributed by atoms with Gasteiger partial charge in [-0.05, 0) is 31.0 Å². The predicted molar refractivity (Wildman–Crippen MR) is 67.6 cm³/mol. The molecule has 1 aromatic carbocycles. The summed E-state index contributed by atoms with van der Waals surface area (Å²) in [7, 11) is 1.67. The lowest BCUT2D eigenvalue weighted by Crippen LogP contribution is -2.08. The summed E-state index contributed by atoms with van der Waals surface area (Å²) in [5.41, 5.74) is 7.98. The van der Waals surface area contributed by atoms with Crippen molar-refractivity contribution in [3.63, 3.8) is 0 Å². The molecule has 0 aliphatic heterocycles. The van der Waals surface area contributed by atoms with Gasteiger partial charge in [0.15, 0.2) is 0 Å². The maximum absolute atomic E-state index is 14.0. The van der Waals surface area contributed by atoms with Crippen molar-refractivity contribution in [2.24, 2.45) is 7.05 Å². The molecule has 0 fully saturated rings. The number of nitrogens with zero attached hydrogens (tertiary/aromatic N) is 2. The molecule has 96 valence electrons. The number of aromatic nitrogens is 2. The predicted octanol–water partition coefficient (Wildman–Crippen LogP) is 1.84. The molecule has 5 heteroatoms. The van der Waals surface area contributed by atoms with Gasteiger partial charge in [0.05, 0.1) is 6.20 Å². The molecule has 18 heavy (non-hydrogen) atoms. The standard InChI is InChI=1S/C13H16FN3O/c1-7-4-8(2)11(10(14)5-7)12(18)9-6-16-17(3)13(9)15/h4-6,12,18H,15H2,1-3H3. The number of halogens is 1. The van der Waals surface area contributed by atoms with Crippen LogP contribution >= 0.6 is 0 Å². The minimum Gasteiger partial charge on any atom is -0.384 e. The first-order valence-electron chi connectivity index (χ1n) is 5.64. The Balaban J connectivity index is 2.53. The van der Waals surface area contributed by atoms with Gasteiger partial charge in [0.1, 0.15) is 17.7 Å². The highest BCUT2D eigenvalue weighted by molar-refractivity contribution is 5.46. The normalized spacial score (nSPS) is 12.7. The van der Waals surface area contributed by atoms with Crippen molar-refractivity contribution in [1.82, 2.24) is 9.78 Å². The van der Waals surface area contributed by atoms with Gasteiger partial charge in [-0.3, -0.25) is 4.68 Å². The first-order chi connectivity index (χ1) is 8.41. The monoisotopic (exact) mass is 249 g/mol. The number of anilines is 1. The van der Waals surface area contributed by atoms with E-state index in [1.54, 1.807) is 14.0 Å². The number of benzene rings is 1. The number of rotatable bonds is 2. The third-order valence-corrected chi connectivity index (χ3v) is 3.06. The van der Waals surface area contributed by atoms with Crippen LogP contribution in [0.1, 0.15) is 28.4 Å². The molecular formula is C13H16FN3O. The highest BCUT2D eigenvalue weighted by Crippen LogP contribution is 2.30. The lowest BCUT2D eigenvalue weighted by molar-refractivity contribution is 0.215. The van der Waals surface area contributed by atoms with Crippen LogP contribution in [-0.2, 0) is 7.05 Å². The summed E-state index contributed by atoms with van der Waals surface area (Å²) in [6.45, 7) is 3.58. The van der Waals surface area contributed by atoms with Gasteiger partial charge >= 0.3 is 0 Å². The molecule has 0 bridgehead atoms. The van der Waals surface area contributed by atoms with E-state index in [-0.39, 0.29) is 5.56 Å². The van der Waals surface area contributed by atoms with Gasteiger partial charge in [-0.15, -0.1) is 0 Å². The number of aliphatic hydroxyl groups excluding tert-OH is 1. The third-order valence-electron chi connectivity index (χ3n) is 3.06. The van der Waals surface area contributed by atoms with Crippen molar-refractivity contribution in [3.05, 3.63) is 46.4 Å². The number of nitrogens with two attached hydrogens (primary N) is 1. The topological polar surface area (TPSA) is 64.1 Å². The van der Waals surface area contributed by atoms with Gasteiger partial charge in [0, 0.05) is 18.2 Å². The van der Waals surface area contributed by atoms with E-state index in [1.807, 2.05) is 13.0 Å². The van der Waals surface area contributed by atoms with Crippen LogP contribution in [0.5, 0.6) is 0 Å². The van der Waals surface area contributed by atoms with Crippen molar-refractivity contribution < 1.29 is 9.50 Å². The molecule has 2 aromatic rings. The summed E-state index contributed by atoms with van der Waals surface area (Å²) < 4.78 is 15.4. The third kappa shape index (κ3) is 1.97. The zero-order chi connectivity index (χ0) is 13.4. The van der Waals surface area contributed by atoms with E-state index in [0.717, 1.165) is 5.56 Å². The summed E-state index contributed by atoms with van der Waals surface area (Å²) in [5, 5.41) is 14.2. The number of nitrogen functional groups attached to an aromatic ring is 1. The summed E-state index contributed by atoms with van der Waals surface area (Å²) in [5.74, 6) is -0.0925. The van der Waals surface area contributed by atoms with Gasteiger partial charge < -0.3 is 10.8 Å². The molecule has 1 heterocycles. The molecule has 0 saturated heterocycles. The SMILES string of the molecule is Cc1cc(C)c(C(O)c2cnn(C)c2N)c(F)c1. The molecule has 0 aliphatic carbocycles. The fourth-order valence-corrected chi connectivity index (χ4v) is 2.10. The second-order valence-corrected chi connectivity index (χ2v) is 4.49. The van der Waals surface area contributed by atoms with Crippen LogP contribution < -0.4 is 5.73 Å². The average Bonchev–Trinajstić information content (AvgIpc) is 2.58. The highest BCUT2D eigenvalue weighted by atomic mass is 19.1. The Hall–Kier alpha value is -1.88. The molecule has 0 radical (unpaired) electrons. The van der Waals surface area contributed by atoms with Crippen LogP contribution in [0.25, 0.3) is 0 Å². The van der Waals surface area contributed by atoms with E-state index >= 15 is 0 Å². The van der Waals surface area contributed by atoms with Crippen molar-refractivity contribution in [1.29, 1.82) is 0 Å². The Morgan fingerprint density at radius 1 is 1.39 bits per heavy atom. The van der Waals surface area contributed by atoms with Crippen LogP contribution in [0, 0.1) is 19.7 Å². The van der Waals surface area contributed by atoms with Gasteiger partial charge in [0.25, 0.3) is 0 Å². The minimum absolute atomic E-state index is 0.250. The summed E-state index contributed by atoms with van der Waals surface area (Å²) >= 11 is 0. The second-order valence-electron chi connectivity index (χ2n) is 4.49. The smallest absolute Gasteiger partial charge is 0.129 e. The summed E-state index contributed by atoms with van der Waals surface area (Å²) in [6.07, 6.45) is 0.359. The Labute approximate surface area is 105 Å². The fourth-order valence-electron chi connectivity index (χ4n) is 2.10. The molecule has 1 unspecified atom stereocenters. The molecular weight excluding hydrogens is 233 g/mol. The molecule has 0 saturated carbocycles. The zero-order valence-corrected chi connectivity index (χ0v) is 10.6. The van der Waals surface area contributed by atoms with E-state index < -0.39 is 11.9 Å². The lowest BCUT2D eigenvalue weighted by Gasteiger charge is -2.15. The van der Waals surface area contributed by atoms with E-state index in [9.17, 15) is 9.50 Å². The van der Waals surface area contributed by atoms with E-state index in [1.165, 1.54) is 16.9 Å². The van der Waals surface area contributed by atoms with Crippen molar-refractivity contribution >= 4 is 5.82 Å². The first kappa shape index (κ1) is 12.6. The van der Waals surface area contributed by atoms with Gasteiger partial charge in [-0.2, -0.15) is 5.10 Å². The van der Waals surface area contributed by atoms with Crippen LogP contribution in [0.3, 0.4) is 0 Å². The Kier molecular flexibility index (Phi) is 3.09. The molecule has 3 N–H and O–H groups in total. The fraction of sp³-hybridized carbons (Fsp3) is 0.308. The molecule has 1 aromatic heterocycles. The number of hydrogen-bond donors (Lipinski definition) is 2. The van der Waals surface area contributed by atoms with E-state index in [4.69, 9.17) is 5.73 Å². The second kappa shape index (κ2) is 4.42. The summed E-state index contributed by atoms with van der Waals surface area (Å²) in [6, 6.07) is 3.23. The summed E-state index contributed by atoms with van der Waals surface area (Å²) in [4.78, 5) is 0. The minimum atomic E-state index is -1.10. The largest absolute Gasteiger partial charge is 0.384 e. The molecule has 0 aliphatic rings. The Morgan fingerprint density at radius 2 is 2.06 bits per heavy atom. The van der Waals surface area contributed by atoms with E-state index in [0.29, 0.717) is 16.9 Å². The maximum atomic E-state index is 14.0. The van der Waals surface area contributed by atoms with E-state index in [2.05, 4.69) is 5.10 Å². The van der Waals surface area contributed by atoms with Crippen molar-refractivity contribution in [2.75, 3.05) is 5.73 Å². The number of aryl methyl sites for hydroxylation is 3. The lowest BCUT2D eigenvalue weighted by atomic mass is 9.96. The number of aliphatic hydroxyl groups is 1.